The van der Waals surface area contributed by atoms with Crippen LogP contribution in [0.15, 0.2) is 0 Å². The van der Waals surface area contributed by atoms with E-state index in [1.807, 2.05) is 0 Å². The van der Waals surface area contributed by atoms with Crippen molar-refractivity contribution in [1.29, 1.82) is 0 Å². The molecule has 2 aliphatic rings. The first-order valence-electron chi connectivity index (χ1n) is 4.11. The summed E-state index contributed by atoms with van der Waals surface area (Å²) in [5.74, 6) is -1.54. The molecule has 2 aliphatic carbocycles. The molecule has 3 N–H and O–H groups in total. The third kappa shape index (κ3) is 1.12. The number of carboxylic acid groups (broad SMARTS) is 1. The predicted octanol–water partition coefficient (Wildman–Crippen LogP) is 0.394. The van der Waals surface area contributed by atoms with Gasteiger partial charge in [0.1, 0.15) is 0 Å². The van der Waals surface area contributed by atoms with Crippen LogP contribution in [-0.4, -0.2) is 17.0 Å². The predicted molar refractivity (Wildman–Crippen MR) is 47.3 cm³/mol. The van der Waals surface area contributed by atoms with Crippen molar-refractivity contribution in [3.05, 3.63) is 0 Å². The first-order valence-corrected chi connectivity index (χ1v) is 4.11. The maximum absolute atomic E-state index is 11.0. The Hall–Kier alpha value is -0.770. The summed E-state index contributed by atoms with van der Waals surface area (Å²) < 4.78 is 0. The molecule has 0 aromatic heterocycles. The van der Waals surface area contributed by atoms with E-state index < -0.39 is 23.2 Å². The number of aliphatic carboxylic acids is 1. The van der Waals surface area contributed by atoms with Crippen molar-refractivity contribution in [3.8, 4) is 0 Å². The van der Waals surface area contributed by atoms with Crippen molar-refractivity contribution < 1.29 is 14.7 Å². The maximum Gasteiger partial charge on any atom is 0.307 e. The molecule has 0 spiro atoms. The number of primary amides is 1. The van der Waals surface area contributed by atoms with Gasteiger partial charge in [0, 0.05) is 0 Å². The highest BCUT2D eigenvalue weighted by molar-refractivity contribution is 5.91. The van der Waals surface area contributed by atoms with E-state index in [4.69, 9.17) is 10.8 Å². The Labute approximate surface area is 81.9 Å². The van der Waals surface area contributed by atoms with Gasteiger partial charge in [0.2, 0.25) is 5.91 Å². The van der Waals surface area contributed by atoms with Crippen molar-refractivity contribution in [2.24, 2.45) is 23.0 Å². The van der Waals surface area contributed by atoms with Crippen LogP contribution < -0.4 is 5.73 Å². The lowest BCUT2D eigenvalue weighted by Gasteiger charge is -2.14. The van der Waals surface area contributed by atoms with Crippen LogP contribution >= 0.6 is 12.4 Å². The van der Waals surface area contributed by atoms with Gasteiger partial charge in [-0.15, -0.1) is 12.4 Å². The Morgan fingerprint density at radius 1 is 1.38 bits per heavy atom. The monoisotopic (exact) mass is 205 g/mol. The quantitative estimate of drug-likeness (QED) is 0.685. The highest BCUT2D eigenvalue weighted by Gasteiger charge is 2.68. The van der Waals surface area contributed by atoms with Crippen LogP contribution in [0.3, 0.4) is 0 Å². The molecular formula is C8H12ClNO3. The van der Waals surface area contributed by atoms with E-state index in [9.17, 15) is 9.59 Å². The zero-order valence-electron chi connectivity index (χ0n) is 7.03. The van der Waals surface area contributed by atoms with Crippen LogP contribution in [0.25, 0.3) is 0 Å². The van der Waals surface area contributed by atoms with Gasteiger partial charge < -0.3 is 10.8 Å². The molecule has 0 radical (unpaired) electrons. The van der Waals surface area contributed by atoms with Crippen molar-refractivity contribution in [2.75, 3.05) is 0 Å². The van der Waals surface area contributed by atoms with Crippen LogP contribution in [0.5, 0.6) is 0 Å². The summed E-state index contributed by atoms with van der Waals surface area (Å²) in [5.41, 5.74) is 4.54. The fourth-order valence-corrected chi connectivity index (χ4v) is 2.58. The van der Waals surface area contributed by atoms with Crippen LogP contribution in [-0.2, 0) is 9.59 Å². The number of hydrogen-bond acceptors (Lipinski definition) is 2. The summed E-state index contributed by atoms with van der Waals surface area (Å²) >= 11 is 0. The number of rotatable bonds is 2. The molecule has 0 aliphatic heterocycles. The van der Waals surface area contributed by atoms with Crippen molar-refractivity contribution in [2.45, 2.75) is 19.3 Å². The van der Waals surface area contributed by atoms with Gasteiger partial charge >= 0.3 is 5.97 Å². The second-order valence-corrected chi connectivity index (χ2v) is 3.77. The molecule has 0 saturated heterocycles. The molecule has 0 aromatic rings. The van der Waals surface area contributed by atoms with Crippen molar-refractivity contribution >= 4 is 24.3 Å². The largest absolute Gasteiger partial charge is 0.481 e. The van der Waals surface area contributed by atoms with Crippen LogP contribution in [0, 0.1) is 17.3 Å². The highest BCUT2D eigenvalue weighted by Crippen LogP contribution is 2.66. The molecule has 0 heterocycles. The number of halogens is 1. The van der Waals surface area contributed by atoms with Crippen molar-refractivity contribution in [3.63, 3.8) is 0 Å². The van der Waals surface area contributed by atoms with Crippen LogP contribution in [0.1, 0.15) is 19.3 Å². The van der Waals surface area contributed by atoms with Crippen LogP contribution in [0.2, 0.25) is 0 Å². The maximum atomic E-state index is 11.0. The fourth-order valence-electron chi connectivity index (χ4n) is 2.58. The third-order valence-electron chi connectivity index (χ3n) is 3.34. The summed E-state index contributed by atoms with van der Waals surface area (Å²) in [6.07, 6.45) is 2.15. The smallest absolute Gasteiger partial charge is 0.307 e. The SMILES string of the molecule is Cl.NC(=O)C12CC1CCC2C(=O)O. The van der Waals surface area contributed by atoms with Gasteiger partial charge in [-0.2, -0.15) is 0 Å². The Bertz CT molecular complexity index is 268. The standard InChI is InChI=1S/C8H11NO3.ClH/c9-7(12)8-3-4(8)1-2-5(8)6(10)11;/h4-5H,1-3H2,(H2,9,12)(H,10,11);1H. The van der Waals surface area contributed by atoms with E-state index in [0.717, 1.165) is 6.42 Å². The summed E-state index contributed by atoms with van der Waals surface area (Å²) in [5, 5.41) is 8.82. The number of carbonyl (C=O) groups is 2. The molecule has 4 nitrogen and oxygen atoms in total. The molecule has 3 unspecified atom stereocenters. The zero-order valence-corrected chi connectivity index (χ0v) is 7.84. The number of amides is 1. The van der Waals surface area contributed by atoms with E-state index in [2.05, 4.69) is 0 Å². The molecule has 2 saturated carbocycles. The van der Waals surface area contributed by atoms with E-state index >= 15 is 0 Å². The van der Waals surface area contributed by atoms with Gasteiger partial charge in [0.05, 0.1) is 11.3 Å². The molecule has 0 aromatic carbocycles. The number of fused-ring (bicyclic) bond motifs is 1. The van der Waals surface area contributed by atoms with E-state index in [-0.39, 0.29) is 18.3 Å². The second-order valence-electron chi connectivity index (χ2n) is 3.77. The van der Waals surface area contributed by atoms with E-state index in [1.54, 1.807) is 0 Å². The molecule has 2 fully saturated rings. The lowest BCUT2D eigenvalue weighted by Crippen LogP contribution is -2.34. The lowest BCUT2D eigenvalue weighted by molar-refractivity contribution is -0.147. The van der Waals surface area contributed by atoms with Crippen molar-refractivity contribution in [1.82, 2.24) is 0 Å². The normalized spacial score (nSPS) is 40.3. The van der Waals surface area contributed by atoms with Gasteiger partial charge in [0.15, 0.2) is 0 Å². The number of hydrogen-bond donors (Lipinski definition) is 2. The number of carbonyl (C=O) groups excluding carboxylic acids is 1. The van der Waals surface area contributed by atoms with Gasteiger partial charge in [-0.05, 0) is 25.2 Å². The Kier molecular flexibility index (Phi) is 2.28. The lowest BCUT2D eigenvalue weighted by atomic mass is 9.90. The average Bonchev–Trinajstić information content (AvgIpc) is 2.58. The zero-order chi connectivity index (χ0) is 8.93. The molecule has 2 rings (SSSR count). The minimum absolute atomic E-state index is 0. The van der Waals surface area contributed by atoms with Crippen LogP contribution in [0.4, 0.5) is 0 Å². The Morgan fingerprint density at radius 2 is 2.00 bits per heavy atom. The Morgan fingerprint density at radius 3 is 2.31 bits per heavy atom. The minimum atomic E-state index is -0.867. The summed E-state index contributed by atoms with van der Waals surface area (Å²) in [4.78, 5) is 21.8. The molecule has 0 bridgehead atoms. The minimum Gasteiger partial charge on any atom is -0.481 e. The van der Waals surface area contributed by atoms with Gasteiger partial charge in [0.25, 0.3) is 0 Å². The second kappa shape index (κ2) is 2.87. The summed E-state index contributed by atoms with van der Waals surface area (Å²) in [6.45, 7) is 0. The highest BCUT2D eigenvalue weighted by atomic mass is 35.5. The summed E-state index contributed by atoms with van der Waals surface area (Å²) in [7, 11) is 0. The topological polar surface area (TPSA) is 80.4 Å². The number of carboxylic acids is 1. The molecule has 1 amide bonds. The fraction of sp³-hybridized carbons (Fsp3) is 0.750. The first kappa shape index (κ1) is 10.3. The number of nitrogens with two attached hydrogens (primary N) is 1. The van der Waals surface area contributed by atoms with Gasteiger partial charge in [-0.25, -0.2) is 0 Å². The summed E-state index contributed by atoms with van der Waals surface area (Å²) in [6, 6.07) is 0. The molecule has 5 heteroatoms. The molecule has 74 valence electrons. The first-order chi connectivity index (χ1) is 5.59. The van der Waals surface area contributed by atoms with Gasteiger partial charge in [-0.3, -0.25) is 9.59 Å². The van der Waals surface area contributed by atoms with E-state index in [1.165, 1.54) is 0 Å². The van der Waals surface area contributed by atoms with Gasteiger partial charge in [-0.1, -0.05) is 0 Å². The average molecular weight is 206 g/mol. The third-order valence-corrected chi connectivity index (χ3v) is 3.34. The molecule has 3 atom stereocenters. The Balaban J connectivity index is 0.000000845. The molecular weight excluding hydrogens is 194 g/mol. The van der Waals surface area contributed by atoms with E-state index in [0.29, 0.717) is 12.8 Å². The molecule has 13 heavy (non-hydrogen) atoms.